The Labute approximate surface area is 163 Å². The van der Waals surface area contributed by atoms with Crippen LogP contribution in [0.25, 0.3) is 11.5 Å². The van der Waals surface area contributed by atoms with Gasteiger partial charge < -0.3 is 9.73 Å². The summed E-state index contributed by atoms with van der Waals surface area (Å²) in [6.07, 6.45) is 0. The quantitative estimate of drug-likeness (QED) is 0.488. The Hall–Kier alpha value is -3.47. The van der Waals surface area contributed by atoms with E-state index in [-0.39, 0.29) is 11.9 Å². The van der Waals surface area contributed by atoms with Gasteiger partial charge in [0.2, 0.25) is 5.89 Å². The average molecular weight is 373 g/mol. The minimum Gasteiger partial charge on any atom is -0.418 e. The summed E-state index contributed by atoms with van der Waals surface area (Å²) in [7, 11) is 0. The molecule has 0 aliphatic rings. The molecule has 0 saturated heterocycles. The van der Waals surface area contributed by atoms with E-state index in [1.807, 2.05) is 36.4 Å². The van der Waals surface area contributed by atoms with Crippen molar-refractivity contribution in [2.24, 2.45) is 0 Å². The van der Waals surface area contributed by atoms with Gasteiger partial charge in [-0.25, -0.2) is 4.39 Å². The molecule has 0 radical (unpaired) electrons. The lowest BCUT2D eigenvalue weighted by molar-refractivity contribution is 0.490. The van der Waals surface area contributed by atoms with Gasteiger partial charge in [-0.05, 0) is 43.2 Å². The van der Waals surface area contributed by atoms with Crippen molar-refractivity contribution in [3.63, 3.8) is 0 Å². The number of aromatic nitrogens is 2. The third-order valence-electron chi connectivity index (χ3n) is 4.61. The molecule has 4 nitrogen and oxygen atoms in total. The molecule has 3 aromatic carbocycles. The molecule has 1 aromatic heterocycles. The fraction of sp³-hybridized carbons (Fsp3) is 0.130. The molecule has 0 bridgehead atoms. The van der Waals surface area contributed by atoms with E-state index in [1.54, 1.807) is 18.2 Å². The van der Waals surface area contributed by atoms with Crippen molar-refractivity contribution in [1.29, 1.82) is 0 Å². The van der Waals surface area contributed by atoms with E-state index < -0.39 is 5.82 Å². The summed E-state index contributed by atoms with van der Waals surface area (Å²) in [5.74, 6) is 0.150. The lowest BCUT2D eigenvalue weighted by Gasteiger charge is -2.19. The highest BCUT2D eigenvalue weighted by Crippen LogP contribution is 2.30. The fourth-order valence-corrected chi connectivity index (χ4v) is 3.16. The van der Waals surface area contributed by atoms with Crippen LogP contribution in [0.3, 0.4) is 0 Å². The van der Waals surface area contributed by atoms with Gasteiger partial charge in [0.05, 0.1) is 5.56 Å². The Morgan fingerprint density at radius 3 is 2.39 bits per heavy atom. The highest BCUT2D eigenvalue weighted by Gasteiger charge is 2.22. The second-order valence-corrected chi connectivity index (χ2v) is 6.73. The van der Waals surface area contributed by atoms with Crippen LogP contribution in [0.15, 0.2) is 77.2 Å². The molecule has 0 amide bonds. The minimum atomic E-state index is -0.392. The van der Waals surface area contributed by atoms with Crippen LogP contribution in [0.4, 0.5) is 10.1 Å². The first-order valence-corrected chi connectivity index (χ1v) is 9.09. The van der Waals surface area contributed by atoms with Crippen LogP contribution >= 0.6 is 0 Å². The molecule has 4 aromatic rings. The molecule has 0 aliphatic heterocycles. The van der Waals surface area contributed by atoms with Gasteiger partial charge in [-0.15, -0.1) is 10.2 Å². The van der Waals surface area contributed by atoms with Crippen LogP contribution in [0.2, 0.25) is 0 Å². The zero-order valence-corrected chi connectivity index (χ0v) is 15.7. The molecule has 4 rings (SSSR count). The molecule has 1 N–H and O–H groups in total. The number of rotatable bonds is 5. The van der Waals surface area contributed by atoms with Gasteiger partial charge in [0.15, 0.2) is 0 Å². The number of nitrogens with one attached hydrogen (secondary N) is 1. The Bertz CT molecular complexity index is 1090. The maximum atomic E-state index is 14.1. The van der Waals surface area contributed by atoms with Crippen LogP contribution in [0.5, 0.6) is 0 Å². The predicted octanol–water partition coefficient (Wildman–Crippen LogP) is 5.69. The average Bonchev–Trinajstić information content (AvgIpc) is 3.18. The summed E-state index contributed by atoms with van der Waals surface area (Å²) < 4.78 is 20.0. The van der Waals surface area contributed by atoms with E-state index in [1.165, 1.54) is 11.6 Å². The van der Waals surface area contributed by atoms with E-state index in [0.29, 0.717) is 11.5 Å². The summed E-state index contributed by atoms with van der Waals surface area (Å²) >= 11 is 0. The van der Waals surface area contributed by atoms with Crippen LogP contribution in [-0.4, -0.2) is 10.2 Å². The van der Waals surface area contributed by atoms with Crippen molar-refractivity contribution in [2.75, 3.05) is 5.32 Å². The first kappa shape index (κ1) is 17.9. The fourth-order valence-electron chi connectivity index (χ4n) is 3.16. The molecule has 0 unspecified atom stereocenters. The number of hydrogen-bond donors (Lipinski definition) is 1. The van der Waals surface area contributed by atoms with Crippen LogP contribution in [0.1, 0.15) is 28.6 Å². The number of hydrogen-bond acceptors (Lipinski definition) is 4. The Morgan fingerprint density at radius 1 is 0.893 bits per heavy atom. The van der Waals surface area contributed by atoms with Crippen molar-refractivity contribution >= 4 is 5.69 Å². The Morgan fingerprint density at radius 2 is 1.64 bits per heavy atom. The standard InChI is InChI=1S/C23H20FN3O/c1-15-12-13-20(16(2)14-15)25-21(17-8-4-3-5-9-17)23-27-26-22(28-23)18-10-6-7-11-19(18)24/h3-14,21,25H,1-2H3/t21-/m1/s1. The maximum Gasteiger partial charge on any atom is 0.250 e. The second kappa shape index (κ2) is 7.64. The SMILES string of the molecule is Cc1ccc(N[C@H](c2ccccc2)c2nnc(-c3ccccc3F)o2)c(C)c1. The van der Waals surface area contributed by atoms with Gasteiger partial charge in [0, 0.05) is 5.69 Å². The number of nitrogens with zero attached hydrogens (tertiary/aromatic N) is 2. The first-order valence-electron chi connectivity index (χ1n) is 9.09. The monoisotopic (exact) mass is 373 g/mol. The molecular weight excluding hydrogens is 353 g/mol. The van der Waals surface area contributed by atoms with E-state index in [0.717, 1.165) is 16.8 Å². The molecule has 0 saturated carbocycles. The number of halogens is 1. The lowest BCUT2D eigenvalue weighted by Crippen LogP contribution is -2.13. The van der Waals surface area contributed by atoms with Crippen molar-refractivity contribution in [3.8, 4) is 11.5 Å². The van der Waals surface area contributed by atoms with Crippen LogP contribution < -0.4 is 5.32 Å². The zero-order chi connectivity index (χ0) is 19.5. The number of benzene rings is 3. The van der Waals surface area contributed by atoms with E-state index >= 15 is 0 Å². The van der Waals surface area contributed by atoms with Gasteiger partial charge in [-0.2, -0.15) is 0 Å². The molecule has 0 fully saturated rings. The van der Waals surface area contributed by atoms with Gasteiger partial charge >= 0.3 is 0 Å². The van der Waals surface area contributed by atoms with Crippen LogP contribution in [-0.2, 0) is 0 Å². The smallest absolute Gasteiger partial charge is 0.250 e. The summed E-state index contributed by atoms with van der Waals surface area (Å²) in [5, 5.41) is 11.8. The molecular formula is C23H20FN3O. The van der Waals surface area contributed by atoms with Crippen molar-refractivity contribution in [1.82, 2.24) is 10.2 Å². The van der Waals surface area contributed by atoms with Gasteiger partial charge in [-0.3, -0.25) is 0 Å². The van der Waals surface area contributed by atoms with Gasteiger partial charge in [0.1, 0.15) is 11.9 Å². The second-order valence-electron chi connectivity index (χ2n) is 6.73. The lowest BCUT2D eigenvalue weighted by atomic mass is 10.0. The molecule has 1 heterocycles. The number of anilines is 1. The van der Waals surface area contributed by atoms with E-state index in [9.17, 15) is 4.39 Å². The molecule has 0 spiro atoms. The molecule has 5 heteroatoms. The normalized spacial score (nSPS) is 12.0. The summed E-state index contributed by atoms with van der Waals surface area (Å²) in [6, 6.07) is 22.1. The van der Waals surface area contributed by atoms with E-state index in [4.69, 9.17) is 4.42 Å². The van der Waals surface area contributed by atoms with Crippen molar-refractivity contribution < 1.29 is 8.81 Å². The summed E-state index contributed by atoms with van der Waals surface area (Å²) in [5.41, 5.74) is 4.56. The third kappa shape index (κ3) is 3.64. The Kier molecular flexibility index (Phi) is 4.89. The highest BCUT2D eigenvalue weighted by molar-refractivity contribution is 5.56. The molecule has 0 aliphatic carbocycles. The minimum absolute atomic E-state index is 0.163. The highest BCUT2D eigenvalue weighted by atomic mass is 19.1. The topological polar surface area (TPSA) is 51.0 Å². The van der Waals surface area contributed by atoms with Crippen molar-refractivity contribution in [2.45, 2.75) is 19.9 Å². The zero-order valence-electron chi connectivity index (χ0n) is 15.7. The van der Waals surface area contributed by atoms with E-state index in [2.05, 4.69) is 41.5 Å². The van der Waals surface area contributed by atoms with Crippen molar-refractivity contribution in [3.05, 3.63) is 101 Å². The van der Waals surface area contributed by atoms with Gasteiger partial charge in [-0.1, -0.05) is 60.2 Å². The number of aryl methyl sites for hydroxylation is 2. The predicted molar refractivity (Wildman–Crippen MR) is 108 cm³/mol. The summed E-state index contributed by atoms with van der Waals surface area (Å²) in [4.78, 5) is 0. The van der Waals surface area contributed by atoms with Crippen LogP contribution in [0, 0.1) is 19.7 Å². The third-order valence-corrected chi connectivity index (χ3v) is 4.61. The molecule has 28 heavy (non-hydrogen) atoms. The molecule has 1 atom stereocenters. The summed E-state index contributed by atoms with van der Waals surface area (Å²) in [6.45, 7) is 4.11. The first-order chi connectivity index (χ1) is 13.6. The maximum absolute atomic E-state index is 14.1. The van der Waals surface area contributed by atoms with Gasteiger partial charge in [0.25, 0.3) is 5.89 Å². The largest absolute Gasteiger partial charge is 0.418 e. The Balaban J connectivity index is 1.73. The molecule has 140 valence electrons.